The average Bonchev–Trinajstić information content (AvgIpc) is 2.30. The Morgan fingerprint density at radius 1 is 0.944 bits per heavy atom. The molecule has 0 spiro atoms. The first kappa shape index (κ1) is 11.6. The Balaban J connectivity index is 2.26. The summed E-state index contributed by atoms with van der Waals surface area (Å²) in [7, 11) is 0. The smallest absolute Gasteiger partial charge is 0.0428 e. The van der Waals surface area contributed by atoms with Crippen LogP contribution < -0.4 is 5.32 Å². The molecule has 0 fully saturated rings. The lowest BCUT2D eigenvalue weighted by atomic mass is 9.74. The summed E-state index contributed by atoms with van der Waals surface area (Å²) in [5, 5.41) is 4.30. The van der Waals surface area contributed by atoms with Crippen molar-refractivity contribution < 1.29 is 0 Å². The number of benzene rings is 2. The van der Waals surface area contributed by atoms with E-state index in [-0.39, 0.29) is 5.41 Å². The van der Waals surface area contributed by atoms with Crippen LogP contribution in [0, 0.1) is 6.92 Å². The van der Waals surface area contributed by atoms with Gasteiger partial charge in [-0.1, -0.05) is 37.6 Å². The molecule has 0 saturated carbocycles. The maximum atomic E-state index is 6.13. The van der Waals surface area contributed by atoms with Crippen LogP contribution in [0.5, 0.6) is 0 Å². The number of aryl methyl sites for hydroxylation is 1. The fourth-order valence-electron chi connectivity index (χ4n) is 2.74. The zero-order chi connectivity index (χ0) is 12.9. The van der Waals surface area contributed by atoms with E-state index in [2.05, 4.69) is 56.4 Å². The first-order chi connectivity index (χ1) is 8.48. The standard InChI is InChI=1S/C16H16ClN/c1-10-4-6-12-15(8-10)18-14-7-5-11(17)9-13(14)16(12,2)3/h4-9,18H,1-3H3. The second-order valence-electron chi connectivity index (χ2n) is 5.49. The first-order valence-corrected chi connectivity index (χ1v) is 6.54. The fourth-order valence-corrected chi connectivity index (χ4v) is 2.91. The van der Waals surface area contributed by atoms with Gasteiger partial charge < -0.3 is 5.32 Å². The summed E-state index contributed by atoms with van der Waals surface area (Å²) < 4.78 is 0. The van der Waals surface area contributed by atoms with Crippen molar-refractivity contribution in [3.05, 3.63) is 58.1 Å². The van der Waals surface area contributed by atoms with Crippen LogP contribution in [-0.4, -0.2) is 0 Å². The van der Waals surface area contributed by atoms with Gasteiger partial charge in [-0.25, -0.2) is 0 Å². The van der Waals surface area contributed by atoms with Gasteiger partial charge in [-0.05, 0) is 47.9 Å². The molecular weight excluding hydrogens is 242 g/mol. The van der Waals surface area contributed by atoms with Crippen LogP contribution in [0.4, 0.5) is 11.4 Å². The van der Waals surface area contributed by atoms with Crippen LogP contribution >= 0.6 is 11.6 Å². The van der Waals surface area contributed by atoms with E-state index in [0.29, 0.717) is 0 Å². The van der Waals surface area contributed by atoms with Crippen LogP contribution in [0.1, 0.15) is 30.5 Å². The van der Waals surface area contributed by atoms with Crippen molar-refractivity contribution >= 4 is 23.0 Å². The van der Waals surface area contributed by atoms with Gasteiger partial charge in [-0.3, -0.25) is 0 Å². The van der Waals surface area contributed by atoms with E-state index in [9.17, 15) is 0 Å². The number of fused-ring (bicyclic) bond motifs is 2. The topological polar surface area (TPSA) is 12.0 Å². The number of halogens is 1. The lowest BCUT2D eigenvalue weighted by Crippen LogP contribution is -2.25. The normalized spacial score (nSPS) is 15.6. The molecule has 2 aromatic rings. The second-order valence-corrected chi connectivity index (χ2v) is 5.93. The molecule has 0 unspecified atom stereocenters. The van der Waals surface area contributed by atoms with Crippen LogP contribution in [0.15, 0.2) is 36.4 Å². The highest BCUT2D eigenvalue weighted by atomic mass is 35.5. The minimum Gasteiger partial charge on any atom is -0.355 e. The molecule has 0 radical (unpaired) electrons. The molecular formula is C16H16ClN. The Labute approximate surface area is 113 Å². The molecule has 1 heterocycles. The summed E-state index contributed by atoms with van der Waals surface area (Å²) in [5.41, 5.74) is 6.19. The molecule has 0 atom stereocenters. The molecule has 0 amide bonds. The molecule has 18 heavy (non-hydrogen) atoms. The third-order valence-corrected chi connectivity index (χ3v) is 4.01. The van der Waals surface area contributed by atoms with E-state index < -0.39 is 0 Å². The maximum Gasteiger partial charge on any atom is 0.0428 e. The third-order valence-electron chi connectivity index (χ3n) is 3.77. The van der Waals surface area contributed by atoms with E-state index in [0.717, 1.165) is 10.7 Å². The number of hydrogen-bond donors (Lipinski definition) is 1. The zero-order valence-corrected chi connectivity index (χ0v) is 11.6. The van der Waals surface area contributed by atoms with Crippen molar-refractivity contribution in [2.24, 2.45) is 0 Å². The third kappa shape index (κ3) is 1.62. The quantitative estimate of drug-likeness (QED) is 0.698. The zero-order valence-electron chi connectivity index (χ0n) is 10.8. The van der Waals surface area contributed by atoms with Gasteiger partial charge in [0.2, 0.25) is 0 Å². The number of nitrogens with one attached hydrogen (secondary N) is 1. The summed E-state index contributed by atoms with van der Waals surface area (Å²) >= 11 is 6.13. The number of rotatable bonds is 0. The van der Waals surface area contributed by atoms with Crippen molar-refractivity contribution in [1.82, 2.24) is 0 Å². The molecule has 1 N–H and O–H groups in total. The van der Waals surface area contributed by atoms with Crippen molar-refractivity contribution in [3.8, 4) is 0 Å². The number of anilines is 2. The van der Waals surface area contributed by atoms with Crippen molar-refractivity contribution in [2.45, 2.75) is 26.2 Å². The Morgan fingerprint density at radius 3 is 2.50 bits per heavy atom. The van der Waals surface area contributed by atoms with E-state index in [1.54, 1.807) is 0 Å². The van der Waals surface area contributed by atoms with Crippen molar-refractivity contribution in [1.29, 1.82) is 0 Å². The number of hydrogen-bond acceptors (Lipinski definition) is 1. The van der Waals surface area contributed by atoms with Crippen LogP contribution in [-0.2, 0) is 5.41 Å². The van der Waals surface area contributed by atoms with Gasteiger partial charge in [-0.2, -0.15) is 0 Å². The SMILES string of the molecule is Cc1ccc2c(c1)Nc1ccc(Cl)cc1C2(C)C. The molecule has 1 aliphatic heterocycles. The molecule has 92 valence electrons. The first-order valence-electron chi connectivity index (χ1n) is 6.17. The maximum absolute atomic E-state index is 6.13. The minimum atomic E-state index is -0.0193. The highest BCUT2D eigenvalue weighted by Gasteiger charge is 2.32. The molecule has 0 aliphatic carbocycles. The Hall–Kier alpha value is -1.47. The summed E-state index contributed by atoms with van der Waals surface area (Å²) in [6, 6.07) is 12.6. The molecule has 1 aliphatic rings. The molecule has 2 heteroatoms. The monoisotopic (exact) mass is 257 g/mol. The fraction of sp³-hybridized carbons (Fsp3) is 0.250. The highest BCUT2D eigenvalue weighted by molar-refractivity contribution is 6.30. The minimum absolute atomic E-state index is 0.0193. The van der Waals surface area contributed by atoms with Gasteiger partial charge >= 0.3 is 0 Å². The molecule has 3 rings (SSSR count). The molecule has 1 nitrogen and oxygen atoms in total. The molecule has 0 bridgehead atoms. The Morgan fingerprint density at radius 2 is 1.72 bits per heavy atom. The lowest BCUT2D eigenvalue weighted by Gasteiger charge is -2.36. The highest BCUT2D eigenvalue weighted by Crippen LogP contribution is 2.46. The summed E-state index contributed by atoms with van der Waals surface area (Å²) in [4.78, 5) is 0. The summed E-state index contributed by atoms with van der Waals surface area (Å²) in [5.74, 6) is 0. The van der Waals surface area contributed by atoms with Gasteiger partial charge in [0.15, 0.2) is 0 Å². The van der Waals surface area contributed by atoms with E-state index in [1.165, 1.54) is 22.4 Å². The lowest BCUT2D eigenvalue weighted by molar-refractivity contribution is 0.638. The molecule has 0 saturated heterocycles. The van der Waals surface area contributed by atoms with Gasteiger partial charge in [0.1, 0.15) is 0 Å². The Kier molecular flexibility index (Phi) is 2.43. The van der Waals surface area contributed by atoms with E-state index >= 15 is 0 Å². The Bertz CT molecular complexity index is 629. The van der Waals surface area contributed by atoms with E-state index in [1.807, 2.05) is 6.07 Å². The van der Waals surface area contributed by atoms with Crippen molar-refractivity contribution in [3.63, 3.8) is 0 Å². The largest absolute Gasteiger partial charge is 0.355 e. The second kappa shape index (κ2) is 3.76. The molecule has 0 aromatic heterocycles. The molecule has 2 aromatic carbocycles. The van der Waals surface area contributed by atoms with Gasteiger partial charge in [0, 0.05) is 21.8 Å². The van der Waals surface area contributed by atoms with Gasteiger partial charge in [-0.15, -0.1) is 0 Å². The summed E-state index contributed by atoms with van der Waals surface area (Å²) in [6.45, 7) is 6.61. The predicted octanol–water partition coefficient (Wildman–Crippen LogP) is 5.03. The van der Waals surface area contributed by atoms with Crippen LogP contribution in [0.2, 0.25) is 5.02 Å². The van der Waals surface area contributed by atoms with Crippen LogP contribution in [0.3, 0.4) is 0 Å². The van der Waals surface area contributed by atoms with Crippen molar-refractivity contribution in [2.75, 3.05) is 5.32 Å². The average molecular weight is 258 g/mol. The van der Waals surface area contributed by atoms with Gasteiger partial charge in [0.25, 0.3) is 0 Å². The van der Waals surface area contributed by atoms with E-state index in [4.69, 9.17) is 11.6 Å². The van der Waals surface area contributed by atoms with Gasteiger partial charge in [0.05, 0.1) is 0 Å². The summed E-state index contributed by atoms with van der Waals surface area (Å²) in [6.07, 6.45) is 0. The van der Waals surface area contributed by atoms with Crippen LogP contribution in [0.25, 0.3) is 0 Å². The predicted molar refractivity (Wildman–Crippen MR) is 78.0 cm³/mol.